The highest BCUT2D eigenvalue weighted by molar-refractivity contribution is 5.82. The number of carbonyl (C=O) groups excluding carboxylic acids is 1. The first-order valence-corrected chi connectivity index (χ1v) is 7.48. The van der Waals surface area contributed by atoms with Gasteiger partial charge < -0.3 is 10.1 Å². The molecule has 0 radical (unpaired) electrons. The Morgan fingerprint density at radius 3 is 2.90 bits per heavy atom. The molecule has 0 bridgehead atoms. The minimum Gasteiger partial charge on any atom is -0.497 e. The maximum Gasteiger partial charge on any atom is 0.237 e. The van der Waals surface area contributed by atoms with Gasteiger partial charge in [-0.25, -0.2) is 0 Å². The molecule has 2 atom stereocenters. The van der Waals surface area contributed by atoms with E-state index >= 15 is 0 Å². The van der Waals surface area contributed by atoms with E-state index in [4.69, 9.17) is 4.74 Å². The van der Waals surface area contributed by atoms with Crippen LogP contribution in [-0.2, 0) is 11.2 Å². The van der Waals surface area contributed by atoms with Gasteiger partial charge >= 0.3 is 0 Å². The predicted octanol–water partition coefficient (Wildman–Crippen LogP) is 1.94. The Morgan fingerprint density at radius 1 is 1.25 bits per heavy atom. The molecule has 0 saturated carbocycles. The molecular formula is C16H22N2O2. The lowest BCUT2D eigenvalue weighted by Crippen LogP contribution is -2.49. The lowest BCUT2D eigenvalue weighted by Gasteiger charge is -2.32. The van der Waals surface area contributed by atoms with Gasteiger partial charge in [0.05, 0.1) is 13.2 Å². The van der Waals surface area contributed by atoms with Crippen LogP contribution in [0.3, 0.4) is 0 Å². The van der Waals surface area contributed by atoms with Crippen molar-refractivity contribution in [3.05, 3.63) is 29.3 Å². The number of amides is 1. The van der Waals surface area contributed by atoms with Crippen LogP contribution < -0.4 is 15.4 Å². The van der Waals surface area contributed by atoms with Crippen molar-refractivity contribution < 1.29 is 9.53 Å². The zero-order chi connectivity index (χ0) is 13.9. The fourth-order valence-corrected chi connectivity index (χ4v) is 3.26. The number of hydrogen-bond acceptors (Lipinski definition) is 3. The van der Waals surface area contributed by atoms with Gasteiger partial charge in [-0.3, -0.25) is 10.1 Å². The minimum atomic E-state index is -0.0400. The van der Waals surface area contributed by atoms with Crippen molar-refractivity contribution in [1.82, 2.24) is 10.6 Å². The number of hydrogen-bond donors (Lipinski definition) is 2. The quantitative estimate of drug-likeness (QED) is 0.885. The summed E-state index contributed by atoms with van der Waals surface area (Å²) in [5, 5.41) is 6.49. The van der Waals surface area contributed by atoms with Crippen LogP contribution in [0.15, 0.2) is 18.2 Å². The zero-order valence-electron chi connectivity index (χ0n) is 11.9. The van der Waals surface area contributed by atoms with Gasteiger partial charge in [0.15, 0.2) is 0 Å². The van der Waals surface area contributed by atoms with Crippen molar-refractivity contribution in [2.24, 2.45) is 0 Å². The van der Waals surface area contributed by atoms with E-state index in [1.165, 1.54) is 11.1 Å². The normalized spacial score (nSPS) is 25.8. The van der Waals surface area contributed by atoms with Crippen LogP contribution in [0.4, 0.5) is 0 Å². The van der Waals surface area contributed by atoms with Crippen molar-refractivity contribution in [2.45, 2.75) is 44.2 Å². The fourth-order valence-electron chi connectivity index (χ4n) is 3.26. The molecule has 1 saturated heterocycles. The molecule has 0 spiro atoms. The first-order chi connectivity index (χ1) is 9.78. The molecule has 1 aliphatic carbocycles. The standard InChI is InChI=1S/C16H22N2O2/c1-20-12-7-8-13-11(10-12)4-2-5-14(13)18-15-6-3-9-17-16(15)19/h7-8,10,14-15,18H,2-6,9H2,1H3,(H,17,19). The predicted molar refractivity (Wildman–Crippen MR) is 77.8 cm³/mol. The Morgan fingerprint density at radius 2 is 2.10 bits per heavy atom. The minimum absolute atomic E-state index is 0.0400. The zero-order valence-corrected chi connectivity index (χ0v) is 11.9. The monoisotopic (exact) mass is 274 g/mol. The van der Waals surface area contributed by atoms with E-state index in [9.17, 15) is 4.79 Å². The van der Waals surface area contributed by atoms with Gasteiger partial charge in [-0.1, -0.05) is 6.07 Å². The second-order valence-corrected chi connectivity index (χ2v) is 5.66. The van der Waals surface area contributed by atoms with E-state index in [-0.39, 0.29) is 11.9 Å². The molecule has 2 N–H and O–H groups in total. The van der Waals surface area contributed by atoms with E-state index in [1.54, 1.807) is 7.11 Å². The summed E-state index contributed by atoms with van der Waals surface area (Å²) in [5.41, 5.74) is 2.68. The second kappa shape index (κ2) is 5.83. The van der Waals surface area contributed by atoms with Gasteiger partial charge in [0.1, 0.15) is 5.75 Å². The van der Waals surface area contributed by atoms with Crippen LogP contribution >= 0.6 is 0 Å². The molecule has 2 aliphatic rings. The Hall–Kier alpha value is -1.55. The number of aryl methyl sites for hydroxylation is 1. The molecule has 1 aromatic rings. The van der Waals surface area contributed by atoms with Crippen LogP contribution in [0, 0.1) is 0 Å². The number of rotatable bonds is 3. The molecule has 1 aliphatic heterocycles. The van der Waals surface area contributed by atoms with E-state index in [0.717, 1.165) is 44.4 Å². The summed E-state index contributed by atoms with van der Waals surface area (Å²) in [6.07, 6.45) is 5.36. The highest BCUT2D eigenvalue weighted by Crippen LogP contribution is 2.32. The molecule has 0 aromatic heterocycles. The summed E-state index contributed by atoms with van der Waals surface area (Å²) >= 11 is 0. The summed E-state index contributed by atoms with van der Waals surface area (Å²) in [4.78, 5) is 11.9. The van der Waals surface area contributed by atoms with Gasteiger partial charge in [-0.05, 0) is 55.4 Å². The third kappa shape index (κ3) is 2.66. The molecule has 3 rings (SSSR count). The Kier molecular flexibility index (Phi) is 3.92. The molecule has 20 heavy (non-hydrogen) atoms. The van der Waals surface area contributed by atoms with Crippen LogP contribution in [0.1, 0.15) is 42.9 Å². The highest BCUT2D eigenvalue weighted by Gasteiger charge is 2.27. The van der Waals surface area contributed by atoms with Crippen molar-refractivity contribution in [1.29, 1.82) is 0 Å². The van der Waals surface area contributed by atoms with E-state index in [1.807, 2.05) is 6.07 Å². The lowest BCUT2D eigenvalue weighted by atomic mass is 9.86. The Balaban J connectivity index is 1.77. The lowest BCUT2D eigenvalue weighted by molar-refractivity contribution is -0.124. The third-order valence-corrected chi connectivity index (χ3v) is 4.35. The number of ether oxygens (including phenoxy) is 1. The van der Waals surface area contributed by atoms with Crippen LogP contribution in [-0.4, -0.2) is 25.6 Å². The van der Waals surface area contributed by atoms with Crippen molar-refractivity contribution in [3.63, 3.8) is 0 Å². The fraction of sp³-hybridized carbons (Fsp3) is 0.562. The molecule has 1 amide bonds. The summed E-state index contributed by atoms with van der Waals surface area (Å²) in [6.45, 7) is 0.815. The first kappa shape index (κ1) is 13.4. The maximum absolute atomic E-state index is 11.9. The molecular weight excluding hydrogens is 252 g/mol. The van der Waals surface area contributed by atoms with Gasteiger partial charge in [-0.15, -0.1) is 0 Å². The van der Waals surface area contributed by atoms with Gasteiger partial charge in [0.2, 0.25) is 5.91 Å². The molecule has 1 fully saturated rings. The summed E-state index contributed by atoms with van der Waals surface area (Å²) in [5.74, 6) is 1.07. The topological polar surface area (TPSA) is 50.4 Å². The molecule has 4 nitrogen and oxygen atoms in total. The molecule has 1 aromatic carbocycles. The first-order valence-electron chi connectivity index (χ1n) is 7.48. The Bertz CT molecular complexity index is 501. The van der Waals surface area contributed by atoms with Crippen LogP contribution in [0.2, 0.25) is 0 Å². The van der Waals surface area contributed by atoms with E-state index in [2.05, 4.69) is 22.8 Å². The number of methoxy groups -OCH3 is 1. The number of fused-ring (bicyclic) bond motifs is 1. The SMILES string of the molecule is COc1ccc2c(c1)CCCC2NC1CCCNC1=O. The number of piperidine rings is 1. The number of nitrogens with one attached hydrogen (secondary N) is 2. The van der Waals surface area contributed by atoms with Crippen molar-refractivity contribution >= 4 is 5.91 Å². The number of benzene rings is 1. The van der Waals surface area contributed by atoms with Crippen LogP contribution in [0.25, 0.3) is 0 Å². The summed E-state index contributed by atoms with van der Waals surface area (Å²) in [7, 11) is 1.70. The van der Waals surface area contributed by atoms with Crippen molar-refractivity contribution in [3.8, 4) is 5.75 Å². The van der Waals surface area contributed by atoms with E-state index in [0.29, 0.717) is 6.04 Å². The van der Waals surface area contributed by atoms with E-state index < -0.39 is 0 Å². The highest BCUT2D eigenvalue weighted by atomic mass is 16.5. The van der Waals surface area contributed by atoms with Crippen molar-refractivity contribution in [2.75, 3.05) is 13.7 Å². The number of carbonyl (C=O) groups is 1. The second-order valence-electron chi connectivity index (χ2n) is 5.66. The average Bonchev–Trinajstić information content (AvgIpc) is 2.49. The molecule has 4 heteroatoms. The third-order valence-electron chi connectivity index (χ3n) is 4.35. The Labute approximate surface area is 119 Å². The molecule has 2 unspecified atom stereocenters. The summed E-state index contributed by atoms with van der Waals surface area (Å²) < 4.78 is 5.30. The summed E-state index contributed by atoms with van der Waals surface area (Å²) in [6, 6.07) is 6.54. The average molecular weight is 274 g/mol. The van der Waals surface area contributed by atoms with Gasteiger partial charge in [-0.2, -0.15) is 0 Å². The van der Waals surface area contributed by atoms with Gasteiger partial charge in [0.25, 0.3) is 0 Å². The largest absolute Gasteiger partial charge is 0.497 e. The molecule has 108 valence electrons. The maximum atomic E-state index is 11.9. The van der Waals surface area contributed by atoms with Crippen LogP contribution in [0.5, 0.6) is 5.75 Å². The van der Waals surface area contributed by atoms with Gasteiger partial charge in [0, 0.05) is 12.6 Å². The molecule has 1 heterocycles. The smallest absolute Gasteiger partial charge is 0.237 e.